The van der Waals surface area contributed by atoms with Gasteiger partial charge < -0.3 is 25.2 Å². The van der Waals surface area contributed by atoms with E-state index < -0.39 is 35.7 Å². The summed E-state index contributed by atoms with van der Waals surface area (Å²) >= 11 is 0. The number of rotatable bonds is 7. The highest BCUT2D eigenvalue weighted by molar-refractivity contribution is 5.90. The highest BCUT2D eigenvalue weighted by Gasteiger charge is 2.30. The molecule has 1 aromatic carbocycles. The molecular formula is C20H30N2O6. The lowest BCUT2D eigenvalue weighted by atomic mass is 10.0. The number of ether oxygens (including phenoxy) is 2. The summed E-state index contributed by atoms with van der Waals surface area (Å²) in [5.41, 5.74) is 0.0323. The predicted molar refractivity (Wildman–Crippen MR) is 104 cm³/mol. The molecule has 0 saturated carbocycles. The van der Waals surface area contributed by atoms with Crippen molar-refractivity contribution in [1.82, 2.24) is 10.6 Å². The number of phenolic OH excluding ortho intramolecular Hbond substituents is 1. The lowest BCUT2D eigenvalue weighted by Crippen LogP contribution is -2.55. The molecule has 0 radical (unpaired) electrons. The summed E-state index contributed by atoms with van der Waals surface area (Å²) in [5, 5.41) is 14.6. The van der Waals surface area contributed by atoms with Crippen molar-refractivity contribution in [2.24, 2.45) is 5.92 Å². The summed E-state index contributed by atoms with van der Waals surface area (Å²) in [5.74, 6) is -1.26. The Morgan fingerprint density at radius 1 is 1.07 bits per heavy atom. The van der Waals surface area contributed by atoms with Crippen LogP contribution in [0.25, 0.3) is 0 Å². The van der Waals surface area contributed by atoms with E-state index in [-0.39, 0.29) is 18.1 Å². The maximum absolute atomic E-state index is 12.7. The summed E-state index contributed by atoms with van der Waals surface area (Å²) in [6, 6.07) is 4.46. The van der Waals surface area contributed by atoms with Gasteiger partial charge in [-0.15, -0.1) is 0 Å². The van der Waals surface area contributed by atoms with Crippen LogP contribution in [0.4, 0.5) is 4.79 Å². The van der Waals surface area contributed by atoms with Gasteiger partial charge in [-0.3, -0.25) is 4.79 Å². The van der Waals surface area contributed by atoms with Crippen LogP contribution in [0.5, 0.6) is 5.75 Å². The van der Waals surface area contributed by atoms with Gasteiger partial charge in [-0.1, -0.05) is 26.0 Å². The minimum atomic E-state index is -0.941. The number of methoxy groups -OCH3 is 1. The van der Waals surface area contributed by atoms with Gasteiger partial charge in [-0.05, 0) is 44.4 Å². The van der Waals surface area contributed by atoms with Crippen LogP contribution in [-0.4, -0.2) is 47.9 Å². The van der Waals surface area contributed by atoms with Crippen molar-refractivity contribution >= 4 is 18.0 Å². The SMILES string of the molecule is COC(=O)[C@H](Cc1ccc(O)cc1)NC(=O)[C@@H](NC(=O)OC(C)(C)C)C(C)C. The summed E-state index contributed by atoms with van der Waals surface area (Å²) in [7, 11) is 1.23. The fraction of sp³-hybridized carbons (Fsp3) is 0.550. The third-order valence-electron chi connectivity index (χ3n) is 3.80. The number of amides is 2. The Hall–Kier alpha value is -2.77. The van der Waals surface area contributed by atoms with E-state index in [9.17, 15) is 19.5 Å². The Balaban J connectivity index is 2.88. The molecule has 0 bridgehead atoms. The minimum absolute atomic E-state index is 0.101. The highest BCUT2D eigenvalue weighted by atomic mass is 16.6. The van der Waals surface area contributed by atoms with Crippen molar-refractivity contribution in [2.75, 3.05) is 7.11 Å². The topological polar surface area (TPSA) is 114 Å². The zero-order valence-electron chi connectivity index (χ0n) is 17.2. The van der Waals surface area contributed by atoms with Crippen LogP contribution in [0.2, 0.25) is 0 Å². The van der Waals surface area contributed by atoms with Crippen LogP contribution in [0, 0.1) is 5.92 Å². The average Bonchev–Trinajstić information content (AvgIpc) is 2.58. The van der Waals surface area contributed by atoms with Crippen LogP contribution in [-0.2, 0) is 25.5 Å². The molecule has 0 unspecified atom stereocenters. The van der Waals surface area contributed by atoms with E-state index in [0.717, 1.165) is 5.56 Å². The van der Waals surface area contributed by atoms with E-state index in [0.29, 0.717) is 0 Å². The van der Waals surface area contributed by atoms with E-state index in [4.69, 9.17) is 9.47 Å². The molecule has 0 heterocycles. The fourth-order valence-electron chi connectivity index (χ4n) is 2.43. The molecule has 2 amide bonds. The van der Waals surface area contributed by atoms with Gasteiger partial charge in [0.2, 0.25) is 5.91 Å². The van der Waals surface area contributed by atoms with E-state index in [2.05, 4.69) is 10.6 Å². The van der Waals surface area contributed by atoms with Crippen LogP contribution in [0.1, 0.15) is 40.2 Å². The predicted octanol–water partition coefficient (Wildman–Crippen LogP) is 2.14. The monoisotopic (exact) mass is 394 g/mol. The van der Waals surface area contributed by atoms with Crippen LogP contribution in [0.15, 0.2) is 24.3 Å². The molecule has 3 N–H and O–H groups in total. The molecule has 0 fully saturated rings. The van der Waals surface area contributed by atoms with E-state index in [1.165, 1.54) is 19.2 Å². The minimum Gasteiger partial charge on any atom is -0.508 e. The number of carbonyl (C=O) groups excluding carboxylic acids is 3. The second kappa shape index (κ2) is 9.96. The van der Waals surface area contributed by atoms with E-state index >= 15 is 0 Å². The zero-order chi connectivity index (χ0) is 21.5. The van der Waals surface area contributed by atoms with Crippen LogP contribution < -0.4 is 10.6 Å². The van der Waals surface area contributed by atoms with Crippen molar-refractivity contribution in [3.8, 4) is 5.75 Å². The van der Waals surface area contributed by atoms with Crippen molar-refractivity contribution < 1.29 is 29.0 Å². The summed E-state index contributed by atoms with van der Waals surface area (Å²) in [6.07, 6.45) is -0.537. The number of esters is 1. The highest BCUT2D eigenvalue weighted by Crippen LogP contribution is 2.13. The van der Waals surface area contributed by atoms with E-state index in [1.54, 1.807) is 46.8 Å². The number of hydrogen-bond acceptors (Lipinski definition) is 6. The number of nitrogens with one attached hydrogen (secondary N) is 2. The quantitative estimate of drug-likeness (QED) is 0.611. The average molecular weight is 394 g/mol. The summed E-state index contributed by atoms with van der Waals surface area (Å²) in [4.78, 5) is 36.9. The maximum Gasteiger partial charge on any atom is 0.408 e. The first-order valence-electron chi connectivity index (χ1n) is 9.08. The fourth-order valence-corrected chi connectivity index (χ4v) is 2.43. The number of benzene rings is 1. The smallest absolute Gasteiger partial charge is 0.408 e. The molecule has 2 atom stereocenters. The van der Waals surface area contributed by atoms with Gasteiger partial charge in [-0.25, -0.2) is 9.59 Å². The summed E-state index contributed by atoms with van der Waals surface area (Å²) in [6.45, 7) is 8.72. The number of hydrogen-bond donors (Lipinski definition) is 3. The normalized spacial score (nSPS) is 13.4. The van der Waals surface area contributed by atoms with Crippen molar-refractivity contribution in [2.45, 2.75) is 58.7 Å². The molecule has 8 heteroatoms. The van der Waals surface area contributed by atoms with Gasteiger partial charge in [0, 0.05) is 6.42 Å². The van der Waals surface area contributed by atoms with Crippen LogP contribution >= 0.6 is 0 Å². The zero-order valence-corrected chi connectivity index (χ0v) is 17.2. The first kappa shape index (κ1) is 23.3. The third kappa shape index (κ3) is 7.85. The van der Waals surface area contributed by atoms with Gasteiger partial charge in [0.05, 0.1) is 7.11 Å². The van der Waals surface area contributed by atoms with Crippen molar-refractivity contribution in [3.63, 3.8) is 0 Å². The maximum atomic E-state index is 12.7. The van der Waals surface area contributed by atoms with Crippen molar-refractivity contribution in [1.29, 1.82) is 0 Å². The number of phenols is 1. The number of alkyl carbamates (subject to hydrolysis) is 1. The van der Waals surface area contributed by atoms with Crippen molar-refractivity contribution in [3.05, 3.63) is 29.8 Å². The molecule has 8 nitrogen and oxygen atoms in total. The second-order valence-electron chi connectivity index (χ2n) is 7.82. The Kier molecular flexibility index (Phi) is 8.28. The molecule has 0 aliphatic rings. The Bertz CT molecular complexity index is 679. The molecule has 0 saturated heterocycles. The molecular weight excluding hydrogens is 364 g/mol. The van der Waals surface area contributed by atoms with Gasteiger partial charge >= 0.3 is 12.1 Å². The first-order chi connectivity index (χ1) is 12.9. The molecule has 28 heavy (non-hydrogen) atoms. The van der Waals surface area contributed by atoms with E-state index in [1.807, 2.05) is 0 Å². The lowest BCUT2D eigenvalue weighted by Gasteiger charge is -2.26. The van der Waals surface area contributed by atoms with Crippen LogP contribution in [0.3, 0.4) is 0 Å². The lowest BCUT2D eigenvalue weighted by molar-refractivity contribution is -0.145. The molecule has 1 rings (SSSR count). The molecule has 1 aromatic rings. The van der Waals surface area contributed by atoms with Gasteiger partial charge in [0.1, 0.15) is 23.4 Å². The Labute approximate surface area is 165 Å². The number of aromatic hydroxyl groups is 1. The number of carbonyl (C=O) groups is 3. The molecule has 0 aromatic heterocycles. The Morgan fingerprint density at radius 2 is 1.64 bits per heavy atom. The standard InChI is InChI=1S/C20H30N2O6/c1-12(2)16(22-19(26)28-20(3,4)5)17(24)21-15(18(25)27-6)11-13-7-9-14(23)10-8-13/h7-10,12,15-16,23H,11H2,1-6H3,(H,21,24)(H,22,26)/t15-,16-/m0/s1. The molecule has 156 valence electrons. The largest absolute Gasteiger partial charge is 0.508 e. The van der Waals surface area contributed by atoms with Gasteiger partial charge in [-0.2, -0.15) is 0 Å². The van der Waals surface area contributed by atoms with Gasteiger partial charge in [0.25, 0.3) is 0 Å². The molecule has 0 aliphatic carbocycles. The first-order valence-corrected chi connectivity index (χ1v) is 9.08. The Morgan fingerprint density at radius 3 is 2.11 bits per heavy atom. The summed E-state index contributed by atoms with van der Waals surface area (Å²) < 4.78 is 9.98. The second-order valence-corrected chi connectivity index (χ2v) is 7.82. The molecule has 0 aliphatic heterocycles. The molecule has 0 spiro atoms. The van der Waals surface area contributed by atoms with Gasteiger partial charge in [0.15, 0.2) is 0 Å². The third-order valence-corrected chi connectivity index (χ3v) is 3.80.